The number of nitrogens with zero attached hydrogens (tertiary/aromatic N) is 2. The number of nitrogen functional groups attached to an aromatic ring is 1. The van der Waals surface area contributed by atoms with E-state index in [2.05, 4.69) is 5.10 Å². The van der Waals surface area contributed by atoms with Crippen molar-refractivity contribution in [2.24, 2.45) is 0 Å². The van der Waals surface area contributed by atoms with E-state index in [-0.39, 0.29) is 6.54 Å². The van der Waals surface area contributed by atoms with Crippen LogP contribution in [0.1, 0.15) is 0 Å². The first-order chi connectivity index (χ1) is 6.66. The first-order valence-corrected chi connectivity index (χ1v) is 4.09. The average Bonchev–Trinajstić information content (AvgIpc) is 2.47. The molecule has 14 heavy (non-hydrogen) atoms. The molecule has 0 atom stereocenters. The normalized spacial score (nSPS) is 10.6. The van der Waals surface area contributed by atoms with Gasteiger partial charge in [-0.2, -0.15) is 5.10 Å². The smallest absolute Gasteiger partial charge is 0.325 e. The quantitative estimate of drug-likeness (QED) is 0.685. The maximum atomic E-state index is 10.5. The van der Waals surface area contributed by atoms with E-state index in [0.717, 1.165) is 10.9 Å². The highest BCUT2D eigenvalue weighted by Gasteiger charge is 2.05. The van der Waals surface area contributed by atoms with E-state index >= 15 is 0 Å². The molecule has 0 spiro atoms. The van der Waals surface area contributed by atoms with Gasteiger partial charge in [-0.3, -0.25) is 9.48 Å². The largest absolute Gasteiger partial charge is 0.480 e. The number of hydrogen-bond acceptors (Lipinski definition) is 3. The van der Waals surface area contributed by atoms with Gasteiger partial charge >= 0.3 is 5.97 Å². The fourth-order valence-corrected chi connectivity index (χ4v) is 1.34. The summed E-state index contributed by atoms with van der Waals surface area (Å²) in [7, 11) is 0. The second-order valence-corrected chi connectivity index (χ2v) is 3.01. The van der Waals surface area contributed by atoms with Crippen LogP contribution < -0.4 is 5.73 Å². The minimum Gasteiger partial charge on any atom is -0.480 e. The van der Waals surface area contributed by atoms with Crippen LogP contribution in [0.3, 0.4) is 0 Å². The Morgan fingerprint density at radius 2 is 2.36 bits per heavy atom. The third-order valence-corrected chi connectivity index (χ3v) is 1.95. The SMILES string of the molecule is Nc1ccc2cnn(CC(=O)O)c2c1. The van der Waals surface area contributed by atoms with E-state index in [1.54, 1.807) is 18.3 Å². The lowest BCUT2D eigenvalue weighted by molar-refractivity contribution is -0.137. The summed E-state index contributed by atoms with van der Waals surface area (Å²) in [5.41, 5.74) is 6.94. The Balaban J connectivity index is 2.55. The standard InChI is InChI=1S/C9H9N3O2/c10-7-2-1-6-4-11-12(5-9(13)14)8(6)3-7/h1-4H,5,10H2,(H,13,14). The number of aromatic nitrogens is 2. The molecule has 0 aliphatic rings. The number of hydrogen-bond donors (Lipinski definition) is 2. The van der Waals surface area contributed by atoms with Crippen molar-refractivity contribution >= 4 is 22.6 Å². The van der Waals surface area contributed by atoms with Crippen molar-refractivity contribution in [2.75, 3.05) is 5.73 Å². The highest BCUT2D eigenvalue weighted by Crippen LogP contribution is 2.16. The molecule has 0 bridgehead atoms. The number of nitrogens with two attached hydrogens (primary N) is 1. The first kappa shape index (κ1) is 8.55. The monoisotopic (exact) mass is 191 g/mol. The lowest BCUT2D eigenvalue weighted by Gasteiger charge is -1.99. The van der Waals surface area contributed by atoms with Crippen molar-refractivity contribution in [2.45, 2.75) is 6.54 Å². The maximum absolute atomic E-state index is 10.5. The third-order valence-electron chi connectivity index (χ3n) is 1.95. The lowest BCUT2D eigenvalue weighted by Crippen LogP contribution is -2.09. The number of carboxylic acid groups (broad SMARTS) is 1. The summed E-state index contributed by atoms with van der Waals surface area (Å²) < 4.78 is 1.41. The molecule has 0 aliphatic carbocycles. The fraction of sp³-hybridized carbons (Fsp3) is 0.111. The van der Waals surface area contributed by atoms with Gasteiger partial charge in [0.15, 0.2) is 0 Å². The van der Waals surface area contributed by atoms with Crippen molar-refractivity contribution in [3.05, 3.63) is 24.4 Å². The number of carboxylic acids is 1. The van der Waals surface area contributed by atoms with E-state index in [1.807, 2.05) is 6.07 Å². The summed E-state index contributed by atoms with van der Waals surface area (Å²) in [6.45, 7) is -0.146. The Kier molecular flexibility index (Phi) is 1.85. The Morgan fingerprint density at radius 1 is 1.57 bits per heavy atom. The van der Waals surface area contributed by atoms with Crippen LogP contribution in [0.25, 0.3) is 10.9 Å². The van der Waals surface area contributed by atoms with E-state index in [1.165, 1.54) is 4.68 Å². The molecule has 0 saturated heterocycles. The van der Waals surface area contributed by atoms with Gasteiger partial charge in [0.2, 0.25) is 0 Å². The zero-order valence-corrected chi connectivity index (χ0v) is 7.34. The van der Waals surface area contributed by atoms with Crippen molar-refractivity contribution in [1.29, 1.82) is 0 Å². The molecule has 72 valence electrons. The molecule has 5 nitrogen and oxygen atoms in total. The third kappa shape index (κ3) is 1.39. The summed E-state index contributed by atoms with van der Waals surface area (Å²) in [4.78, 5) is 10.5. The fourth-order valence-electron chi connectivity index (χ4n) is 1.34. The lowest BCUT2D eigenvalue weighted by atomic mass is 10.2. The molecule has 0 amide bonds. The summed E-state index contributed by atoms with van der Waals surface area (Å²) in [6.07, 6.45) is 1.62. The van der Waals surface area contributed by atoms with Gasteiger partial charge in [-0.1, -0.05) is 0 Å². The molecule has 2 rings (SSSR count). The molecular weight excluding hydrogens is 182 g/mol. The number of aliphatic carboxylic acids is 1. The van der Waals surface area contributed by atoms with E-state index in [0.29, 0.717) is 5.69 Å². The van der Waals surface area contributed by atoms with Crippen LogP contribution in [0, 0.1) is 0 Å². The summed E-state index contributed by atoms with van der Waals surface area (Å²) in [5.74, 6) is -0.919. The number of rotatable bonds is 2. The van der Waals surface area contributed by atoms with E-state index < -0.39 is 5.97 Å². The molecule has 0 unspecified atom stereocenters. The zero-order chi connectivity index (χ0) is 10.1. The van der Waals surface area contributed by atoms with Crippen molar-refractivity contribution in [3.63, 3.8) is 0 Å². The van der Waals surface area contributed by atoms with Gasteiger partial charge < -0.3 is 10.8 Å². The Hall–Kier alpha value is -2.04. The molecule has 1 heterocycles. The second-order valence-electron chi connectivity index (χ2n) is 3.01. The topological polar surface area (TPSA) is 81.1 Å². The molecular formula is C9H9N3O2. The molecule has 0 fully saturated rings. The molecule has 1 aromatic carbocycles. The van der Waals surface area contributed by atoms with Gasteiger partial charge in [-0.15, -0.1) is 0 Å². The predicted molar refractivity (Wildman–Crippen MR) is 51.8 cm³/mol. The van der Waals surface area contributed by atoms with Crippen LogP contribution in [0.15, 0.2) is 24.4 Å². The highest BCUT2D eigenvalue weighted by molar-refractivity contribution is 5.83. The minimum atomic E-state index is -0.919. The van der Waals surface area contributed by atoms with Gasteiger partial charge in [0.05, 0.1) is 11.7 Å². The van der Waals surface area contributed by atoms with Crippen molar-refractivity contribution in [3.8, 4) is 0 Å². The Labute approximate surface area is 79.7 Å². The first-order valence-electron chi connectivity index (χ1n) is 4.09. The van der Waals surface area contributed by atoms with Crippen LogP contribution >= 0.6 is 0 Å². The molecule has 0 aliphatic heterocycles. The molecule has 0 radical (unpaired) electrons. The van der Waals surface area contributed by atoms with Gasteiger partial charge in [0.1, 0.15) is 6.54 Å². The molecule has 3 N–H and O–H groups in total. The number of benzene rings is 1. The summed E-state index contributed by atoms with van der Waals surface area (Å²) in [5, 5.41) is 13.5. The van der Waals surface area contributed by atoms with Crippen molar-refractivity contribution in [1.82, 2.24) is 9.78 Å². The van der Waals surface area contributed by atoms with Crippen LogP contribution in [0.2, 0.25) is 0 Å². The van der Waals surface area contributed by atoms with Crippen LogP contribution in [-0.2, 0) is 11.3 Å². The second kappa shape index (κ2) is 3.02. The molecule has 5 heteroatoms. The number of anilines is 1. The van der Waals surface area contributed by atoms with Crippen LogP contribution in [0.4, 0.5) is 5.69 Å². The summed E-state index contributed by atoms with van der Waals surface area (Å²) >= 11 is 0. The Bertz CT molecular complexity index is 490. The van der Waals surface area contributed by atoms with Crippen molar-refractivity contribution < 1.29 is 9.90 Å². The molecule has 2 aromatic rings. The van der Waals surface area contributed by atoms with Gasteiger partial charge in [0, 0.05) is 11.1 Å². The minimum absolute atomic E-state index is 0.146. The highest BCUT2D eigenvalue weighted by atomic mass is 16.4. The maximum Gasteiger partial charge on any atom is 0.325 e. The summed E-state index contributed by atoms with van der Waals surface area (Å²) in [6, 6.07) is 5.29. The number of carbonyl (C=O) groups is 1. The van der Waals surface area contributed by atoms with Gasteiger partial charge in [0.25, 0.3) is 0 Å². The Morgan fingerprint density at radius 3 is 3.07 bits per heavy atom. The predicted octanol–water partition coefficient (Wildman–Crippen LogP) is 0.703. The molecule has 0 saturated carbocycles. The van der Waals surface area contributed by atoms with Gasteiger partial charge in [-0.25, -0.2) is 0 Å². The zero-order valence-electron chi connectivity index (χ0n) is 7.34. The van der Waals surface area contributed by atoms with Gasteiger partial charge in [-0.05, 0) is 18.2 Å². The average molecular weight is 191 g/mol. The van der Waals surface area contributed by atoms with E-state index in [4.69, 9.17) is 10.8 Å². The van der Waals surface area contributed by atoms with Crippen LogP contribution in [-0.4, -0.2) is 20.9 Å². The van der Waals surface area contributed by atoms with E-state index in [9.17, 15) is 4.79 Å². The molecule has 1 aromatic heterocycles. The van der Waals surface area contributed by atoms with Crippen LogP contribution in [0.5, 0.6) is 0 Å². The number of fused-ring (bicyclic) bond motifs is 1.